The van der Waals surface area contributed by atoms with E-state index >= 15 is 0 Å². The molecule has 6 heteroatoms. The number of anilines is 2. The number of nitrogens with two attached hydrogens (primary N) is 1. The third kappa shape index (κ3) is 3.19. The van der Waals surface area contributed by atoms with E-state index in [0.29, 0.717) is 22.7 Å². The molecule has 3 N–H and O–H groups in total. The summed E-state index contributed by atoms with van der Waals surface area (Å²) in [5, 5.41) is 2.55. The Balaban J connectivity index is 2.23. The molecule has 0 heterocycles. The van der Waals surface area contributed by atoms with Gasteiger partial charge in [-0.25, -0.2) is 4.39 Å². The standard InChI is InChI=1S/C14H12ClFN2O2/c1-20-11-5-8(4-9(17)6-11)14(19)18-10-2-3-12(15)13(16)7-10/h2-7H,17H2,1H3,(H,18,19). The molecule has 0 unspecified atom stereocenters. The number of amides is 1. The molecule has 0 saturated carbocycles. The van der Waals surface area contributed by atoms with Crippen LogP contribution in [0.3, 0.4) is 0 Å². The number of methoxy groups -OCH3 is 1. The lowest BCUT2D eigenvalue weighted by Crippen LogP contribution is -2.12. The lowest BCUT2D eigenvalue weighted by Gasteiger charge is -2.08. The predicted octanol–water partition coefficient (Wildman–Crippen LogP) is 3.32. The van der Waals surface area contributed by atoms with Crippen LogP contribution in [-0.4, -0.2) is 13.0 Å². The van der Waals surface area contributed by atoms with Crippen molar-refractivity contribution in [1.82, 2.24) is 0 Å². The molecule has 0 aromatic heterocycles. The van der Waals surface area contributed by atoms with Crippen molar-refractivity contribution < 1.29 is 13.9 Å². The van der Waals surface area contributed by atoms with E-state index in [-0.39, 0.29) is 5.02 Å². The first-order valence-corrected chi connectivity index (χ1v) is 6.08. The van der Waals surface area contributed by atoms with Crippen LogP contribution in [0.4, 0.5) is 15.8 Å². The number of carbonyl (C=O) groups excluding carboxylic acids is 1. The number of halogens is 2. The van der Waals surface area contributed by atoms with Crippen LogP contribution in [0.5, 0.6) is 5.75 Å². The first-order valence-electron chi connectivity index (χ1n) is 5.70. The average Bonchev–Trinajstić information content (AvgIpc) is 2.42. The fraction of sp³-hybridized carbons (Fsp3) is 0.0714. The van der Waals surface area contributed by atoms with Crippen molar-refractivity contribution in [1.29, 1.82) is 0 Å². The third-order valence-corrected chi connectivity index (χ3v) is 2.91. The zero-order chi connectivity index (χ0) is 14.7. The Hall–Kier alpha value is -2.27. The predicted molar refractivity (Wildman–Crippen MR) is 76.8 cm³/mol. The molecular weight excluding hydrogens is 283 g/mol. The van der Waals surface area contributed by atoms with Crippen molar-refractivity contribution in [2.75, 3.05) is 18.2 Å². The van der Waals surface area contributed by atoms with Crippen molar-refractivity contribution in [3.8, 4) is 5.75 Å². The maximum Gasteiger partial charge on any atom is 0.255 e. The van der Waals surface area contributed by atoms with Crippen LogP contribution in [0.25, 0.3) is 0 Å². The van der Waals surface area contributed by atoms with E-state index in [9.17, 15) is 9.18 Å². The summed E-state index contributed by atoms with van der Waals surface area (Å²) in [6.45, 7) is 0. The second kappa shape index (κ2) is 5.79. The molecule has 20 heavy (non-hydrogen) atoms. The fourth-order valence-corrected chi connectivity index (χ4v) is 1.77. The minimum absolute atomic E-state index is 0.00590. The molecule has 0 bridgehead atoms. The minimum Gasteiger partial charge on any atom is -0.497 e. The fourth-order valence-electron chi connectivity index (χ4n) is 1.65. The van der Waals surface area contributed by atoms with E-state index in [1.807, 2.05) is 0 Å². The molecule has 1 amide bonds. The molecule has 0 radical (unpaired) electrons. The highest BCUT2D eigenvalue weighted by Gasteiger charge is 2.10. The van der Waals surface area contributed by atoms with Gasteiger partial charge in [-0.15, -0.1) is 0 Å². The summed E-state index contributed by atoms with van der Waals surface area (Å²) in [4.78, 5) is 12.1. The summed E-state index contributed by atoms with van der Waals surface area (Å²) in [7, 11) is 1.48. The summed E-state index contributed by atoms with van der Waals surface area (Å²) in [6.07, 6.45) is 0. The van der Waals surface area contributed by atoms with E-state index < -0.39 is 11.7 Å². The highest BCUT2D eigenvalue weighted by atomic mass is 35.5. The molecule has 2 aromatic carbocycles. The van der Waals surface area contributed by atoms with Gasteiger partial charge in [-0.2, -0.15) is 0 Å². The lowest BCUT2D eigenvalue weighted by molar-refractivity contribution is 0.102. The van der Waals surface area contributed by atoms with Crippen LogP contribution in [0, 0.1) is 5.82 Å². The average molecular weight is 295 g/mol. The summed E-state index contributed by atoms with van der Waals surface area (Å²) < 4.78 is 18.3. The normalized spacial score (nSPS) is 10.2. The molecule has 0 aliphatic rings. The highest BCUT2D eigenvalue weighted by molar-refractivity contribution is 6.30. The molecule has 0 saturated heterocycles. The Morgan fingerprint density at radius 2 is 2.05 bits per heavy atom. The Kier molecular flexibility index (Phi) is 4.10. The molecular formula is C14H12ClFN2O2. The minimum atomic E-state index is -0.602. The van der Waals surface area contributed by atoms with Crippen LogP contribution in [-0.2, 0) is 0 Å². The van der Waals surface area contributed by atoms with Crippen LogP contribution < -0.4 is 15.8 Å². The number of benzene rings is 2. The van der Waals surface area contributed by atoms with Gasteiger partial charge in [0.25, 0.3) is 5.91 Å². The van der Waals surface area contributed by atoms with E-state index in [2.05, 4.69) is 5.32 Å². The molecule has 2 rings (SSSR count). The van der Waals surface area contributed by atoms with E-state index in [1.165, 1.54) is 31.4 Å². The van der Waals surface area contributed by atoms with Crippen molar-refractivity contribution in [2.45, 2.75) is 0 Å². The number of nitrogen functional groups attached to an aromatic ring is 1. The smallest absolute Gasteiger partial charge is 0.255 e. The first-order chi connectivity index (χ1) is 9.49. The zero-order valence-electron chi connectivity index (χ0n) is 10.6. The molecule has 0 fully saturated rings. The van der Waals surface area contributed by atoms with Crippen molar-refractivity contribution in [3.63, 3.8) is 0 Å². The zero-order valence-corrected chi connectivity index (χ0v) is 11.4. The number of rotatable bonds is 3. The second-order valence-electron chi connectivity index (χ2n) is 4.08. The van der Waals surface area contributed by atoms with Gasteiger partial charge in [0.05, 0.1) is 12.1 Å². The van der Waals surface area contributed by atoms with Gasteiger partial charge in [-0.3, -0.25) is 4.79 Å². The maximum atomic E-state index is 13.3. The van der Waals surface area contributed by atoms with Gasteiger partial charge in [-0.05, 0) is 30.3 Å². The summed E-state index contributed by atoms with van der Waals surface area (Å²) in [6, 6.07) is 8.66. The summed E-state index contributed by atoms with van der Waals surface area (Å²) in [5.41, 5.74) is 6.69. The number of ether oxygens (including phenoxy) is 1. The van der Waals surface area contributed by atoms with Crippen LogP contribution >= 0.6 is 11.6 Å². The number of nitrogens with one attached hydrogen (secondary N) is 1. The van der Waals surface area contributed by atoms with Crippen molar-refractivity contribution in [3.05, 3.63) is 52.8 Å². The number of carbonyl (C=O) groups is 1. The monoisotopic (exact) mass is 294 g/mol. The summed E-state index contributed by atoms with van der Waals surface area (Å²) >= 11 is 5.57. The van der Waals surface area contributed by atoms with Crippen LogP contribution in [0.1, 0.15) is 10.4 Å². The first kappa shape index (κ1) is 14.1. The van der Waals surface area contributed by atoms with Gasteiger partial charge in [0.15, 0.2) is 0 Å². The van der Waals surface area contributed by atoms with E-state index in [4.69, 9.17) is 22.1 Å². The molecule has 104 valence electrons. The van der Waals surface area contributed by atoms with Gasteiger partial charge in [0.2, 0.25) is 0 Å². The van der Waals surface area contributed by atoms with Crippen LogP contribution in [0.2, 0.25) is 5.02 Å². The van der Waals surface area contributed by atoms with Gasteiger partial charge in [0.1, 0.15) is 11.6 Å². The van der Waals surface area contributed by atoms with Gasteiger partial charge in [0, 0.05) is 23.0 Å². The van der Waals surface area contributed by atoms with E-state index in [0.717, 1.165) is 6.07 Å². The SMILES string of the molecule is COc1cc(N)cc(C(=O)Nc2ccc(Cl)c(F)c2)c1. The lowest BCUT2D eigenvalue weighted by atomic mass is 10.1. The summed E-state index contributed by atoms with van der Waals surface area (Å²) in [5.74, 6) is -0.551. The largest absolute Gasteiger partial charge is 0.497 e. The Morgan fingerprint density at radius 1 is 1.30 bits per heavy atom. The molecule has 2 aromatic rings. The quantitative estimate of drug-likeness (QED) is 0.854. The Labute approximate surface area is 120 Å². The van der Waals surface area contributed by atoms with Gasteiger partial charge < -0.3 is 15.8 Å². The highest BCUT2D eigenvalue weighted by Crippen LogP contribution is 2.21. The van der Waals surface area contributed by atoms with E-state index in [1.54, 1.807) is 6.07 Å². The maximum absolute atomic E-state index is 13.3. The molecule has 4 nitrogen and oxygen atoms in total. The third-order valence-electron chi connectivity index (χ3n) is 2.60. The molecule has 0 spiro atoms. The number of hydrogen-bond acceptors (Lipinski definition) is 3. The van der Waals surface area contributed by atoms with Crippen molar-refractivity contribution in [2.24, 2.45) is 0 Å². The molecule has 0 atom stereocenters. The van der Waals surface area contributed by atoms with Crippen LogP contribution in [0.15, 0.2) is 36.4 Å². The number of hydrogen-bond donors (Lipinski definition) is 2. The van der Waals surface area contributed by atoms with Crippen molar-refractivity contribution >= 4 is 28.9 Å². The Morgan fingerprint density at radius 3 is 2.70 bits per heavy atom. The van der Waals surface area contributed by atoms with Gasteiger partial charge >= 0.3 is 0 Å². The Bertz CT molecular complexity index is 662. The molecule has 0 aliphatic carbocycles. The topological polar surface area (TPSA) is 64.3 Å². The van der Waals surface area contributed by atoms with Gasteiger partial charge in [-0.1, -0.05) is 11.6 Å². The second-order valence-corrected chi connectivity index (χ2v) is 4.49. The molecule has 0 aliphatic heterocycles.